The second-order valence-electron chi connectivity index (χ2n) is 4.56. The van der Waals surface area contributed by atoms with Crippen molar-refractivity contribution in [1.82, 2.24) is 0 Å². The Morgan fingerprint density at radius 1 is 1.05 bits per heavy atom. The summed E-state index contributed by atoms with van der Waals surface area (Å²) in [7, 11) is 1.64. The van der Waals surface area contributed by atoms with Gasteiger partial charge in [-0.15, -0.1) is 0 Å². The van der Waals surface area contributed by atoms with E-state index in [1.54, 1.807) is 7.11 Å². The van der Waals surface area contributed by atoms with E-state index in [0.717, 1.165) is 17.3 Å². The van der Waals surface area contributed by atoms with Crippen molar-refractivity contribution < 1.29 is 4.74 Å². The SMILES string of the molecule is COc1ccc(CSCc2cccc(C)c2)cc1N. The molecule has 0 aliphatic heterocycles. The molecule has 0 aliphatic rings. The Bertz CT molecular complexity index is 554. The lowest BCUT2D eigenvalue weighted by atomic mass is 10.2. The fourth-order valence-electron chi connectivity index (χ4n) is 1.96. The van der Waals surface area contributed by atoms with Gasteiger partial charge in [-0.3, -0.25) is 0 Å². The number of hydrogen-bond acceptors (Lipinski definition) is 3. The largest absolute Gasteiger partial charge is 0.495 e. The van der Waals surface area contributed by atoms with Gasteiger partial charge in [0.2, 0.25) is 0 Å². The molecule has 3 heteroatoms. The van der Waals surface area contributed by atoms with Crippen LogP contribution in [0.2, 0.25) is 0 Å². The molecule has 19 heavy (non-hydrogen) atoms. The number of nitrogen functional groups attached to an aromatic ring is 1. The summed E-state index contributed by atoms with van der Waals surface area (Å²) in [4.78, 5) is 0. The lowest BCUT2D eigenvalue weighted by Crippen LogP contribution is -1.93. The van der Waals surface area contributed by atoms with Gasteiger partial charge in [0.05, 0.1) is 12.8 Å². The van der Waals surface area contributed by atoms with Crippen LogP contribution in [0.5, 0.6) is 5.75 Å². The Labute approximate surface area is 119 Å². The third-order valence-electron chi connectivity index (χ3n) is 2.91. The van der Waals surface area contributed by atoms with Crippen LogP contribution in [-0.2, 0) is 11.5 Å². The summed E-state index contributed by atoms with van der Waals surface area (Å²) in [5, 5.41) is 0. The van der Waals surface area contributed by atoms with Crippen molar-refractivity contribution in [2.45, 2.75) is 18.4 Å². The van der Waals surface area contributed by atoms with Gasteiger partial charge < -0.3 is 10.5 Å². The van der Waals surface area contributed by atoms with Gasteiger partial charge in [0.15, 0.2) is 0 Å². The van der Waals surface area contributed by atoms with E-state index in [1.165, 1.54) is 16.7 Å². The van der Waals surface area contributed by atoms with E-state index < -0.39 is 0 Å². The van der Waals surface area contributed by atoms with Gasteiger partial charge in [-0.1, -0.05) is 35.9 Å². The van der Waals surface area contributed by atoms with E-state index in [1.807, 2.05) is 23.9 Å². The third-order valence-corrected chi connectivity index (χ3v) is 3.99. The van der Waals surface area contributed by atoms with E-state index in [0.29, 0.717) is 5.69 Å². The summed E-state index contributed by atoms with van der Waals surface area (Å²) < 4.78 is 5.16. The van der Waals surface area contributed by atoms with Gasteiger partial charge in [-0.05, 0) is 30.2 Å². The van der Waals surface area contributed by atoms with Gasteiger partial charge in [0.25, 0.3) is 0 Å². The maximum Gasteiger partial charge on any atom is 0.141 e. The van der Waals surface area contributed by atoms with Gasteiger partial charge in [0, 0.05) is 11.5 Å². The molecule has 0 aliphatic carbocycles. The Hall–Kier alpha value is -1.61. The molecule has 2 N–H and O–H groups in total. The number of rotatable bonds is 5. The van der Waals surface area contributed by atoms with Crippen molar-refractivity contribution in [2.24, 2.45) is 0 Å². The molecule has 0 bridgehead atoms. The zero-order valence-electron chi connectivity index (χ0n) is 11.3. The van der Waals surface area contributed by atoms with Crippen molar-refractivity contribution in [1.29, 1.82) is 0 Å². The Morgan fingerprint density at radius 3 is 2.42 bits per heavy atom. The average Bonchev–Trinajstić information content (AvgIpc) is 2.39. The van der Waals surface area contributed by atoms with Gasteiger partial charge in [-0.2, -0.15) is 11.8 Å². The minimum Gasteiger partial charge on any atom is -0.495 e. The van der Waals surface area contributed by atoms with Crippen LogP contribution in [-0.4, -0.2) is 7.11 Å². The standard InChI is InChI=1S/C16H19NOS/c1-12-4-3-5-13(8-12)10-19-11-14-6-7-16(18-2)15(17)9-14/h3-9H,10-11,17H2,1-2H3. The minimum atomic E-state index is 0.705. The molecule has 0 saturated heterocycles. The van der Waals surface area contributed by atoms with E-state index in [9.17, 15) is 0 Å². The molecule has 0 amide bonds. The number of hydrogen-bond donors (Lipinski definition) is 1. The number of thioether (sulfide) groups is 1. The van der Waals surface area contributed by atoms with Crippen molar-refractivity contribution in [3.8, 4) is 5.75 Å². The van der Waals surface area contributed by atoms with Crippen molar-refractivity contribution in [2.75, 3.05) is 12.8 Å². The first-order valence-corrected chi connectivity index (χ1v) is 7.40. The Kier molecular flexibility index (Phi) is 4.74. The number of benzene rings is 2. The van der Waals surface area contributed by atoms with E-state index in [2.05, 4.69) is 37.3 Å². The lowest BCUT2D eigenvalue weighted by molar-refractivity contribution is 0.417. The average molecular weight is 273 g/mol. The highest BCUT2D eigenvalue weighted by atomic mass is 32.2. The van der Waals surface area contributed by atoms with Crippen LogP contribution in [0.1, 0.15) is 16.7 Å². The fraction of sp³-hybridized carbons (Fsp3) is 0.250. The first-order valence-electron chi connectivity index (χ1n) is 6.24. The second kappa shape index (κ2) is 6.53. The van der Waals surface area contributed by atoms with Crippen LogP contribution >= 0.6 is 11.8 Å². The van der Waals surface area contributed by atoms with Gasteiger partial charge in [0.1, 0.15) is 5.75 Å². The van der Waals surface area contributed by atoms with Crippen LogP contribution in [0.3, 0.4) is 0 Å². The molecule has 2 nitrogen and oxygen atoms in total. The number of aryl methyl sites for hydroxylation is 1. The molecular formula is C16H19NOS. The topological polar surface area (TPSA) is 35.2 Å². The summed E-state index contributed by atoms with van der Waals surface area (Å²) in [6.45, 7) is 2.12. The molecule has 0 heterocycles. The van der Waals surface area contributed by atoms with Crippen molar-refractivity contribution in [3.05, 3.63) is 59.2 Å². The van der Waals surface area contributed by atoms with Crippen LogP contribution in [0.15, 0.2) is 42.5 Å². The maximum absolute atomic E-state index is 5.90. The quantitative estimate of drug-likeness (QED) is 0.836. The van der Waals surface area contributed by atoms with Gasteiger partial charge >= 0.3 is 0 Å². The van der Waals surface area contributed by atoms with Gasteiger partial charge in [-0.25, -0.2) is 0 Å². The molecule has 0 atom stereocenters. The molecule has 2 aromatic carbocycles. The summed E-state index contributed by atoms with van der Waals surface area (Å²) in [6.07, 6.45) is 0. The van der Waals surface area contributed by atoms with Crippen LogP contribution in [0.4, 0.5) is 5.69 Å². The number of ether oxygens (including phenoxy) is 1. The Balaban J connectivity index is 1.90. The molecule has 0 unspecified atom stereocenters. The summed E-state index contributed by atoms with van der Waals surface area (Å²) >= 11 is 1.89. The predicted molar refractivity (Wildman–Crippen MR) is 83.6 cm³/mol. The maximum atomic E-state index is 5.90. The van der Waals surface area contributed by atoms with Crippen LogP contribution in [0, 0.1) is 6.92 Å². The highest BCUT2D eigenvalue weighted by Gasteiger charge is 2.01. The first-order chi connectivity index (χ1) is 9.19. The minimum absolute atomic E-state index is 0.705. The summed E-state index contributed by atoms with van der Waals surface area (Å²) in [6, 6.07) is 14.6. The van der Waals surface area contributed by atoms with Crippen LogP contribution < -0.4 is 10.5 Å². The van der Waals surface area contributed by atoms with E-state index >= 15 is 0 Å². The molecule has 0 fully saturated rings. The third kappa shape index (κ3) is 3.93. The summed E-state index contributed by atoms with van der Waals surface area (Å²) in [5.41, 5.74) is 10.5. The predicted octanol–water partition coefficient (Wildman–Crippen LogP) is 4.02. The van der Waals surface area contributed by atoms with Crippen molar-refractivity contribution >= 4 is 17.4 Å². The Morgan fingerprint density at radius 2 is 1.79 bits per heavy atom. The highest BCUT2D eigenvalue weighted by molar-refractivity contribution is 7.97. The van der Waals surface area contributed by atoms with Crippen LogP contribution in [0.25, 0.3) is 0 Å². The molecule has 2 aromatic rings. The second-order valence-corrected chi connectivity index (χ2v) is 5.54. The lowest BCUT2D eigenvalue weighted by Gasteiger charge is -2.07. The smallest absolute Gasteiger partial charge is 0.141 e. The van der Waals surface area contributed by atoms with Crippen molar-refractivity contribution in [3.63, 3.8) is 0 Å². The summed E-state index contributed by atoms with van der Waals surface area (Å²) in [5.74, 6) is 2.72. The number of nitrogens with two attached hydrogens (primary N) is 1. The number of anilines is 1. The number of methoxy groups -OCH3 is 1. The fourth-order valence-corrected chi connectivity index (χ4v) is 2.89. The first kappa shape index (κ1) is 13.8. The van der Waals surface area contributed by atoms with E-state index in [-0.39, 0.29) is 0 Å². The monoisotopic (exact) mass is 273 g/mol. The zero-order valence-corrected chi connectivity index (χ0v) is 12.2. The molecular weight excluding hydrogens is 254 g/mol. The van der Waals surface area contributed by atoms with E-state index in [4.69, 9.17) is 10.5 Å². The molecule has 2 rings (SSSR count). The normalized spacial score (nSPS) is 10.4. The molecule has 0 spiro atoms. The molecule has 100 valence electrons. The zero-order chi connectivity index (χ0) is 13.7. The molecule has 0 aromatic heterocycles. The highest BCUT2D eigenvalue weighted by Crippen LogP contribution is 2.25. The molecule has 0 radical (unpaired) electrons. The molecule has 0 saturated carbocycles.